The van der Waals surface area contributed by atoms with Gasteiger partial charge in [0.2, 0.25) is 0 Å². The van der Waals surface area contributed by atoms with Crippen LogP contribution in [-0.4, -0.2) is 24.8 Å². The van der Waals surface area contributed by atoms with Gasteiger partial charge in [0.25, 0.3) is 0 Å². The Bertz CT molecular complexity index is 281. The largest absolute Gasteiger partial charge is 0.373 e. The molecule has 0 spiro atoms. The molecule has 0 saturated carbocycles. The topological polar surface area (TPSA) is 21.3 Å². The highest BCUT2D eigenvalue weighted by molar-refractivity contribution is 5.18. The molecule has 0 aromatic heterocycles. The zero-order chi connectivity index (χ0) is 14.8. The minimum absolute atomic E-state index is 0.0320. The molecule has 1 rings (SSSR count). The number of likely N-dealkylation sites (N-methyl/N-ethyl adjacent to an activating group) is 1. The number of hydrogen-bond donors (Lipinski definition) is 1. The van der Waals surface area contributed by atoms with Crippen molar-refractivity contribution < 1.29 is 4.74 Å². The molecule has 0 saturated heterocycles. The van der Waals surface area contributed by atoms with Crippen LogP contribution in [0.3, 0.4) is 0 Å². The van der Waals surface area contributed by atoms with Crippen molar-refractivity contribution in [3.05, 3.63) is 11.6 Å². The van der Waals surface area contributed by atoms with Crippen molar-refractivity contribution in [2.45, 2.75) is 90.7 Å². The van der Waals surface area contributed by atoms with Crippen molar-refractivity contribution in [1.29, 1.82) is 0 Å². The van der Waals surface area contributed by atoms with Gasteiger partial charge >= 0.3 is 0 Å². The summed E-state index contributed by atoms with van der Waals surface area (Å²) in [6.45, 7) is 10.7. The van der Waals surface area contributed by atoms with E-state index in [4.69, 9.17) is 4.74 Å². The molecular formula is C18H35NO. The Morgan fingerprint density at radius 3 is 2.40 bits per heavy atom. The minimum Gasteiger partial charge on any atom is -0.373 e. The number of ether oxygens (including phenoxy) is 1. The van der Waals surface area contributed by atoms with Gasteiger partial charge in [0.05, 0.1) is 11.6 Å². The van der Waals surface area contributed by atoms with E-state index in [1.165, 1.54) is 38.5 Å². The SMILES string of the molecule is CCNC(C1=CCCCCCC1)C(CC)(CC)OCC. The molecule has 0 fully saturated rings. The second kappa shape index (κ2) is 9.57. The lowest BCUT2D eigenvalue weighted by Crippen LogP contribution is -2.53. The number of hydrogen-bond acceptors (Lipinski definition) is 2. The Hall–Kier alpha value is -0.340. The first-order valence-electron chi connectivity index (χ1n) is 8.80. The third-order valence-corrected chi connectivity index (χ3v) is 4.76. The van der Waals surface area contributed by atoms with Gasteiger partial charge in [-0.1, -0.05) is 45.3 Å². The lowest BCUT2D eigenvalue weighted by atomic mass is 9.80. The summed E-state index contributed by atoms with van der Waals surface area (Å²) >= 11 is 0. The highest BCUT2D eigenvalue weighted by Crippen LogP contribution is 2.32. The molecule has 0 aromatic rings. The molecule has 20 heavy (non-hydrogen) atoms. The quantitative estimate of drug-likeness (QED) is 0.643. The van der Waals surface area contributed by atoms with Crippen LogP contribution in [0.25, 0.3) is 0 Å². The summed E-state index contributed by atoms with van der Waals surface area (Å²) in [5, 5.41) is 3.73. The maximum absolute atomic E-state index is 6.26. The van der Waals surface area contributed by atoms with Gasteiger partial charge in [-0.05, 0) is 52.0 Å². The molecule has 1 aliphatic rings. The van der Waals surface area contributed by atoms with E-state index in [1.54, 1.807) is 5.57 Å². The first-order chi connectivity index (χ1) is 9.74. The second-order valence-electron chi connectivity index (χ2n) is 5.93. The van der Waals surface area contributed by atoms with E-state index < -0.39 is 0 Å². The monoisotopic (exact) mass is 281 g/mol. The molecular weight excluding hydrogens is 246 g/mol. The maximum Gasteiger partial charge on any atom is 0.0867 e. The van der Waals surface area contributed by atoms with Crippen LogP contribution in [-0.2, 0) is 4.74 Å². The number of allylic oxidation sites excluding steroid dienone is 1. The highest BCUT2D eigenvalue weighted by Gasteiger charge is 2.37. The molecule has 0 bridgehead atoms. The van der Waals surface area contributed by atoms with Crippen LogP contribution in [0, 0.1) is 0 Å². The Balaban J connectivity index is 2.98. The fraction of sp³-hybridized carbons (Fsp3) is 0.889. The number of rotatable bonds is 8. The van der Waals surface area contributed by atoms with Gasteiger partial charge in [-0.3, -0.25) is 0 Å². The Morgan fingerprint density at radius 2 is 1.80 bits per heavy atom. The zero-order valence-electron chi connectivity index (χ0n) is 14.1. The van der Waals surface area contributed by atoms with E-state index >= 15 is 0 Å². The summed E-state index contributed by atoms with van der Waals surface area (Å²) < 4.78 is 6.26. The van der Waals surface area contributed by atoms with Crippen molar-refractivity contribution >= 4 is 0 Å². The standard InChI is InChI=1S/C18H35NO/c1-5-18(6-2,20-8-4)17(19-7-3)16-14-12-10-9-11-13-15-16/h14,17,19H,5-13,15H2,1-4H3. The van der Waals surface area contributed by atoms with Crippen molar-refractivity contribution in [1.82, 2.24) is 5.32 Å². The average molecular weight is 281 g/mol. The van der Waals surface area contributed by atoms with Crippen LogP contribution < -0.4 is 5.32 Å². The van der Waals surface area contributed by atoms with E-state index in [0.717, 1.165) is 26.0 Å². The van der Waals surface area contributed by atoms with Gasteiger partial charge < -0.3 is 10.1 Å². The Kier molecular flexibility index (Phi) is 8.47. The summed E-state index contributed by atoms with van der Waals surface area (Å²) in [5.41, 5.74) is 1.57. The molecule has 0 amide bonds. The average Bonchev–Trinajstić information content (AvgIpc) is 2.43. The van der Waals surface area contributed by atoms with Crippen molar-refractivity contribution in [2.24, 2.45) is 0 Å². The number of nitrogens with one attached hydrogen (secondary N) is 1. The molecule has 0 heterocycles. The molecule has 0 radical (unpaired) electrons. The molecule has 118 valence electrons. The first kappa shape index (κ1) is 17.7. The van der Waals surface area contributed by atoms with Gasteiger partial charge in [0.1, 0.15) is 0 Å². The van der Waals surface area contributed by atoms with E-state index in [9.17, 15) is 0 Å². The summed E-state index contributed by atoms with van der Waals surface area (Å²) in [6, 6.07) is 0.389. The smallest absolute Gasteiger partial charge is 0.0867 e. The van der Waals surface area contributed by atoms with Crippen LogP contribution >= 0.6 is 0 Å². The summed E-state index contributed by atoms with van der Waals surface area (Å²) in [6.07, 6.45) is 12.6. The lowest BCUT2D eigenvalue weighted by molar-refractivity contribution is -0.0640. The molecule has 1 atom stereocenters. The predicted octanol–water partition coefficient (Wildman–Crippen LogP) is 4.84. The van der Waals surface area contributed by atoms with Crippen LogP contribution in [0.4, 0.5) is 0 Å². The molecule has 1 N–H and O–H groups in total. The minimum atomic E-state index is -0.0320. The predicted molar refractivity (Wildman–Crippen MR) is 88.2 cm³/mol. The van der Waals surface area contributed by atoms with Crippen LogP contribution in [0.15, 0.2) is 11.6 Å². The Morgan fingerprint density at radius 1 is 1.10 bits per heavy atom. The van der Waals surface area contributed by atoms with Crippen LogP contribution in [0.1, 0.15) is 79.1 Å². The fourth-order valence-corrected chi connectivity index (χ4v) is 3.57. The molecule has 2 heteroatoms. The highest BCUT2D eigenvalue weighted by atomic mass is 16.5. The Labute approximate surface area is 126 Å². The second-order valence-corrected chi connectivity index (χ2v) is 5.93. The summed E-state index contributed by atoms with van der Waals surface area (Å²) in [5.74, 6) is 0. The van der Waals surface area contributed by atoms with Gasteiger partial charge in [0, 0.05) is 6.61 Å². The molecule has 1 aliphatic carbocycles. The van der Waals surface area contributed by atoms with Crippen LogP contribution in [0.2, 0.25) is 0 Å². The molecule has 0 aliphatic heterocycles. The van der Waals surface area contributed by atoms with Gasteiger partial charge in [-0.15, -0.1) is 0 Å². The molecule has 2 nitrogen and oxygen atoms in total. The van der Waals surface area contributed by atoms with E-state index in [1.807, 2.05) is 0 Å². The van der Waals surface area contributed by atoms with Gasteiger partial charge in [-0.2, -0.15) is 0 Å². The lowest BCUT2D eigenvalue weighted by Gasteiger charge is -2.41. The van der Waals surface area contributed by atoms with Crippen molar-refractivity contribution in [3.63, 3.8) is 0 Å². The van der Waals surface area contributed by atoms with Crippen molar-refractivity contribution in [2.75, 3.05) is 13.2 Å². The van der Waals surface area contributed by atoms with Crippen molar-refractivity contribution in [3.8, 4) is 0 Å². The summed E-state index contributed by atoms with van der Waals surface area (Å²) in [4.78, 5) is 0. The fourth-order valence-electron chi connectivity index (χ4n) is 3.57. The molecule has 1 unspecified atom stereocenters. The molecule has 0 aromatic carbocycles. The van der Waals surface area contributed by atoms with E-state index in [0.29, 0.717) is 6.04 Å². The maximum atomic E-state index is 6.26. The third kappa shape index (κ3) is 4.60. The first-order valence-corrected chi connectivity index (χ1v) is 8.80. The van der Waals surface area contributed by atoms with Gasteiger partial charge in [-0.25, -0.2) is 0 Å². The zero-order valence-corrected chi connectivity index (χ0v) is 14.1. The van der Waals surface area contributed by atoms with Crippen LogP contribution in [0.5, 0.6) is 0 Å². The van der Waals surface area contributed by atoms with E-state index in [-0.39, 0.29) is 5.60 Å². The van der Waals surface area contributed by atoms with E-state index in [2.05, 4.69) is 39.1 Å². The van der Waals surface area contributed by atoms with Gasteiger partial charge in [0.15, 0.2) is 0 Å². The third-order valence-electron chi connectivity index (χ3n) is 4.76. The summed E-state index contributed by atoms with van der Waals surface area (Å²) in [7, 11) is 0. The normalized spacial score (nSPS) is 19.1.